The zero-order valence-corrected chi connectivity index (χ0v) is 11.1. The van der Waals surface area contributed by atoms with Crippen LogP contribution in [-0.2, 0) is 15.6 Å². The van der Waals surface area contributed by atoms with E-state index in [4.69, 9.17) is 5.73 Å². The summed E-state index contributed by atoms with van der Waals surface area (Å²) >= 11 is 0. The van der Waals surface area contributed by atoms with E-state index in [0.29, 0.717) is 5.56 Å². The minimum Gasteiger partial charge on any atom is -0.399 e. The van der Waals surface area contributed by atoms with E-state index < -0.39 is 20.9 Å². The molecule has 96 valence electrons. The number of nitrogens with two attached hydrogens (primary N) is 1. The van der Waals surface area contributed by atoms with Crippen molar-refractivity contribution in [2.24, 2.45) is 5.92 Å². The van der Waals surface area contributed by atoms with Gasteiger partial charge in [-0.1, -0.05) is 13.8 Å². The van der Waals surface area contributed by atoms with E-state index in [1.807, 2.05) is 13.8 Å². The molecule has 0 heterocycles. The molecule has 1 unspecified atom stereocenters. The molecule has 0 saturated carbocycles. The molecule has 3 nitrogen and oxygen atoms in total. The largest absolute Gasteiger partial charge is 0.399 e. The van der Waals surface area contributed by atoms with Crippen molar-refractivity contribution in [3.05, 3.63) is 29.6 Å². The van der Waals surface area contributed by atoms with E-state index in [-0.39, 0.29) is 17.4 Å². The van der Waals surface area contributed by atoms with Gasteiger partial charge in [-0.2, -0.15) is 0 Å². The van der Waals surface area contributed by atoms with Gasteiger partial charge in [0.15, 0.2) is 9.84 Å². The number of hydrogen-bond acceptors (Lipinski definition) is 3. The molecule has 0 bridgehead atoms. The van der Waals surface area contributed by atoms with Crippen LogP contribution in [0, 0.1) is 11.7 Å². The predicted molar refractivity (Wildman–Crippen MR) is 67.7 cm³/mol. The van der Waals surface area contributed by atoms with Crippen molar-refractivity contribution in [1.29, 1.82) is 0 Å². The number of benzene rings is 1. The number of rotatable bonds is 4. The molecule has 1 atom stereocenters. The highest BCUT2D eigenvalue weighted by Crippen LogP contribution is 2.19. The number of anilines is 1. The lowest BCUT2D eigenvalue weighted by molar-refractivity contribution is 0.545. The quantitative estimate of drug-likeness (QED) is 0.844. The SMILES string of the molecule is CC(C)C(C)S(=O)(=O)Cc1cc(N)cc(F)c1. The highest BCUT2D eigenvalue weighted by Gasteiger charge is 2.24. The average Bonchev–Trinajstić information content (AvgIpc) is 2.13. The van der Waals surface area contributed by atoms with Gasteiger partial charge in [0.25, 0.3) is 0 Å². The molecular weight excluding hydrogens is 241 g/mol. The Bertz CT molecular complexity index is 477. The summed E-state index contributed by atoms with van der Waals surface area (Å²) in [5.74, 6) is -0.646. The molecule has 0 amide bonds. The van der Waals surface area contributed by atoms with E-state index in [0.717, 1.165) is 0 Å². The van der Waals surface area contributed by atoms with E-state index in [1.54, 1.807) is 6.92 Å². The first kappa shape index (κ1) is 14.0. The molecule has 5 heteroatoms. The van der Waals surface area contributed by atoms with Crippen molar-refractivity contribution in [2.45, 2.75) is 31.8 Å². The molecule has 2 N–H and O–H groups in total. The first-order valence-corrected chi connectivity index (χ1v) is 7.20. The summed E-state index contributed by atoms with van der Waals surface area (Å²) in [6, 6.07) is 3.87. The summed E-state index contributed by atoms with van der Waals surface area (Å²) < 4.78 is 37.1. The van der Waals surface area contributed by atoms with Crippen molar-refractivity contribution in [1.82, 2.24) is 0 Å². The standard InChI is InChI=1S/C12H18FNO2S/c1-8(2)9(3)17(15,16)7-10-4-11(13)6-12(14)5-10/h4-6,8-9H,7,14H2,1-3H3. The summed E-state index contributed by atoms with van der Waals surface area (Å²) in [6.07, 6.45) is 0. The molecule has 17 heavy (non-hydrogen) atoms. The molecular formula is C12H18FNO2S. The maximum atomic E-state index is 13.1. The van der Waals surface area contributed by atoms with Crippen LogP contribution in [0.15, 0.2) is 18.2 Å². The summed E-state index contributed by atoms with van der Waals surface area (Å²) in [5.41, 5.74) is 6.12. The number of nitrogen functional groups attached to an aromatic ring is 1. The van der Waals surface area contributed by atoms with Crippen LogP contribution in [-0.4, -0.2) is 13.7 Å². The average molecular weight is 259 g/mol. The maximum Gasteiger partial charge on any atom is 0.157 e. The van der Waals surface area contributed by atoms with Gasteiger partial charge >= 0.3 is 0 Å². The van der Waals surface area contributed by atoms with Gasteiger partial charge in [0.05, 0.1) is 11.0 Å². The molecule has 0 aliphatic heterocycles. The zero-order valence-electron chi connectivity index (χ0n) is 10.3. The summed E-state index contributed by atoms with van der Waals surface area (Å²) in [5, 5.41) is -0.452. The van der Waals surface area contributed by atoms with Crippen molar-refractivity contribution in [3.63, 3.8) is 0 Å². The molecule has 0 spiro atoms. The number of hydrogen-bond donors (Lipinski definition) is 1. The van der Waals surface area contributed by atoms with Crippen molar-refractivity contribution < 1.29 is 12.8 Å². The predicted octanol–water partition coefficient (Wildman–Crippen LogP) is 2.37. The van der Waals surface area contributed by atoms with E-state index in [1.165, 1.54) is 18.2 Å². The van der Waals surface area contributed by atoms with Crippen LogP contribution in [0.4, 0.5) is 10.1 Å². The van der Waals surface area contributed by atoms with Crippen LogP contribution < -0.4 is 5.73 Å². The van der Waals surface area contributed by atoms with Crippen LogP contribution in [0.1, 0.15) is 26.3 Å². The molecule has 0 fully saturated rings. The lowest BCUT2D eigenvalue weighted by atomic mass is 10.2. The third kappa shape index (κ3) is 3.70. The monoisotopic (exact) mass is 259 g/mol. The zero-order chi connectivity index (χ0) is 13.2. The maximum absolute atomic E-state index is 13.1. The second kappa shape index (κ2) is 5.04. The van der Waals surface area contributed by atoms with Crippen LogP contribution in [0.2, 0.25) is 0 Å². The highest BCUT2D eigenvalue weighted by molar-refractivity contribution is 7.91. The molecule has 0 aliphatic carbocycles. The fraction of sp³-hybridized carbons (Fsp3) is 0.500. The number of halogens is 1. The van der Waals surface area contributed by atoms with Crippen molar-refractivity contribution in [3.8, 4) is 0 Å². The molecule has 0 aromatic heterocycles. The Morgan fingerprint density at radius 2 is 1.82 bits per heavy atom. The van der Waals surface area contributed by atoms with Crippen LogP contribution in [0.3, 0.4) is 0 Å². The van der Waals surface area contributed by atoms with Gasteiger partial charge in [-0.3, -0.25) is 0 Å². The number of sulfone groups is 1. The molecule has 0 radical (unpaired) electrons. The minimum atomic E-state index is -3.27. The molecule has 0 aliphatic rings. The van der Waals surface area contributed by atoms with Crippen molar-refractivity contribution >= 4 is 15.5 Å². The first-order valence-electron chi connectivity index (χ1n) is 5.49. The Morgan fingerprint density at radius 3 is 2.29 bits per heavy atom. The van der Waals surface area contributed by atoms with Gasteiger partial charge in [0, 0.05) is 5.69 Å². The summed E-state index contributed by atoms with van der Waals surface area (Å²) in [6.45, 7) is 5.37. The Balaban J connectivity index is 2.98. The first-order chi connectivity index (χ1) is 7.72. The summed E-state index contributed by atoms with van der Waals surface area (Å²) in [7, 11) is -3.27. The molecule has 0 saturated heterocycles. The Kier molecular flexibility index (Phi) is 4.14. The normalized spacial score (nSPS) is 13.9. The molecule has 1 aromatic rings. The lowest BCUT2D eigenvalue weighted by Crippen LogP contribution is -2.24. The van der Waals surface area contributed by atoms with Crippen LogP contribution in [0.25, 0.3) is 0 Å². The minimum absolute atomic E-state index is 0.0332. The van der Waals surface area contributed by atoms with Gasteiger partial charge in [0.1, 0.15) is 5.82 Å². The topological polar surface area (TPSA) is 60.2 Å². The van der Waals surface area contributed by atoms with E-state index >= 15 is 0 Å². The Hall–Kier alpha value is -1.10. The highest BCUT2D eigenvalue weighted by atomic mass is 32.2. The van der Waals surface area contributed by atoms with Gasteiger partial charge in [-0.15, -0.1) is 0 Å². The fourth-order valence-corrected chi connectivity index (χ4v) is 3.26. The van der Waals surface area contributed by atoms with Gasteiger partial charge in [-0.25, -0.2) is 12.8 Å². The van der Waals surface area contributed by atoms with Crippen molar-refractivity contribution in [2.75, 3.05) is 5.73 Å². The Morgan fingerprint density at radius 1 is 1.24 bits per heavy atom. The Labute approximate surface area is 102 Å². The van der Waals surface area contributed by atoms with Gasteiger partial charge in [0.2, 0.25) is 0 Å². The molecule has 1 aromatic carbocycles. The van der Waals surface area contributed by atoms with Crippen LogP contribution in [0.5, 0.6) is 0 Å². The third-order valence-corrected chi connectivity index (χ3v) is 5.27. The van der Waals surface area contributed by atoms with E-state index in [9.17, 15) is 12.8 Å². The third-order valence-electron chi connectivity index (χ3n) is 2.85. The van der Waals surface area contributed by atoms with Crippen LogP contribution >= 0.6 is 0 Å². The van der Waals surface area contributed by atoms with E-state index in [2.05, 4.69) is 0 Å². The van der Waals surface area contributed by atoms with Gasteiger partial charge in [-0.05, 0) is 36.6 Å². The second-order valence-electron chi connectivity index (χ2n) is 4.65. The molecule has 1 rings (SSSR count). The second-order valence-corrected chi connectivity index (χ2v) is 7.01. The smallest absolute Gasteiger partial charge is 0.157 e. The fourth-order valence-electron chi connectivity index (χ4n) is 1.54. The lowest BCUT2D eigenvalue weighted by Gasteiger charge is -2.16. The summed E-state index contributed by atoms with van der Waals surface area (Å²) in [4.78, 5) is 0. The van der Waals surface area contributed by atoms with Gasteiger partial charge < -0.3 is 5.73 Å².